The summed E-state index contributed by atoms with van der Waals surface area (Å²) in [7, 11) is 0. The fraction of sp³-hybridized carbons (Fsp3) is 0.179. The lowest BCUT2D eigenvalue weighted by Gasteiger charge is -2.29. The molecule has 0 fully saturated rings. The summed E-state index contributed by atoms with van der Waals surface area (Å²) < 4.78 is 0. The summed E-state index contributed by atoms with van der Waals surface area (Å²) in [5.41, 5.74) is 5.95. The first-order valence-electron chi connectivity index (χ1n) is 11.4. The van der Waals surface area contributed by atoms with Crippen molar-refractivity contribution in [1.29, 1.82) is 0 Å². The Morgan fingerprint density at radius 3 is 2.23 bits per heavy atom. The van der Waals surface area contributed by atoms with E-state index in [9.17, 15) is 14.4 Å². The maximum absolute atomic E-state index is 13.1. The molecule has 0 saturated heterocycles. The molecule has 3 aromatic carbocycles. The Labute approximate surface area is 208 Å². The smallest absolute Gasteiger partial charge is 0.283 e. The fourth-order valence-electron chi connectivity index (χ4n) is 4.62. The summed E-state index contributed by atoms with van der Waals surface area (Å²) in [5.74, 6) is -1.13. The summed E-state index contributed by atoms with van der Waals surface area (Å²) in [6.45, 7) is 5.06. The second-order valence-corrected chi connectivity index (χ2v) is 9.31. The van der Waals surface area contributed by atoms with Gasteiger partial charge in [-0.1, -0.05) is 41.9 Å². The van der Waals surface area contributed by atoms with Crippen molar-refractivity contribution < 1.29 is 14.4 Å². The van der Waals surface area contributed by atoms with Crippen molar-refractivity contribution in [3.63, 3.8) is 0 Å². The first kappa shape index (κ1) is 22.9. The van der Waals surface area contributed by atoms with Crippen LogP contribution in [0.2, 0.25) is 0 Å². The molecule has 0 saturated carbocycles. The Hall–Kier alpha value is -3.90. The average molecular weight is 486 g/mol. The second kappa shape index (κ2) is 9.04. The van der Waals surface area contributed by atoms with Gasteiger partial charge in [-0.25, -0.2) is 4.90 Å². The van der Waals surface area contributed by atoms with Crippen molar-refractivity contribution in [2.45, 2.75) is 26.8 Å². The topological polar surface area (TPSA) is 69.7 Å². The fourth-order valence-corrected chi connectivity index (χ4v) is 4.83. The molecule has 0 unspecified atom stereocenters. The zero-order valence-electron chi connectivity index (χ0n) is 19.5. The van der Waals surface area contributed by atoms with E-state index in [0.717, 1.165) is 22.4 Å². The number of aryl methyl sites for hydroxylation is 2. The highest BCUT2D eigenvalue weighted by molar-refractivity contribution is 6.53. The number of carbonyl (C=O) groups excluding carboxylic acids is 3. The minimum absolute atomic E-state index is 0.0162. The van der Waals surface area contributed by atoms with Gasteiger partial charge in [-0.3, -0.25) is 14.4 Å². The lowest BCUT2D eigenvalue weighted by atomic mass is 9.99. The molecule has 2 heterocycles. The number of hydrogen-bond donors (Lipinski definition) is 1. The van der Waals surface area contributed by atoms with E-state index >= 15 is 0 Å². The summed E-state index contributed by atoms with van der Waals surface area (Å²) in [6, 6.07) is 20.5. The second-order valence-electron chi connectivity index (χ2n) is 8.93. The van der Waals surface area contributed by atoms with Gasteiger partial charge in [0.1, 0.15) is 10.7 Å². The van der Waals surface area contributed by atoms with Crippen LogP contribution in [0.5, 0.6) is 0 Å². The van der Waals surface area contributed by atoms with Crippen molar-refractivity contribution in [1.82, 2.24) is 4.90 Å². The van der Waals surface area contributed by atoms with Crippen molar-refractivity contribution >= 4 is 40.7 Å². The van der Waals surface area contributed by atoms with E-state index in [2.05, 4.69) is 17.4 Å². The number of benzene rings is 3. The molecule has 0 radical (unpaired) electrons. The molecule has 0 atom stereocenters. The molecule has 1 N–H and O–H groups in total. The highest BCUT2D eigenvalue weighted by Gasteiger charge is 2.39. The molecule has 3 amide bonds. The molecule has 0 bridgehead atoms. The van der Waals surface area contributed by atoms with E-state index in [1.807, 2.05) is 36.9 Å². The van der Waals surface area contributed by atoms with Crippen LogP contribution >= 0.6 is 11.6 Å². The highest BCUT2D eigenvalue weighted by Crippen LogP contribution is 2.31. The van der Waals surface area contributed by atoms with Crippen LogP contribution in [0.4, 0.5) is 11.4 Å². The molecule has 3 aromatic rings. The molecule has 0 spiro atoms. The zero-order chi connectivity index (χ0) is 24.7. The SMILES string of the molecule is Cc1cc(C)cc(N2C(=O)C(Cl)=C(Nc3ccc(C(=O)N4CCc5ccccc5C4)cc3)C2=O)c1. The molecular weight excluding hydrogens is 462 g/mol. The molecule has 0 aliphatic carbocycles. The molecule has 2 aliphatic rings. The van der Waals surface area contributed by atoms with Crippen LogP contribution in [-0.4, -0.2) is 29.2 Å². The number of hydrogen-bond acceptors (Lipinski definition) is 4. The lowest BCUT2D eigenvalue weighted by Crippen LogP contribution is -2.35. The van der Waals surface area contributed by atoms with Gasteiger partial charge in [0.25, 0.3) is 17.7 Å². The Bertz CT molecular complexity index is 1370. The Kier molecular flexibility index (Phi) is 5.91. The summed E-state index contributed by atoms with van der Waals surface area (Å²) in [6.07, 6.45) is 0.835. The van der Waals surface area contributed by atoms with Crippen LogP contribution < -0.4 is 10.2 Å². The van der Waals surface area contributed by atoms with E-state index < -0.39 is 11.8 Å². The normalized spacial score (nSPS) is 15.5. The molecule has 5 rings (SSSR count). The van der Waals surface area contributed by atoms with Crippen molar-refractivity contribution in [2.75, 3.05) is 16.8 Å². The van der Waals surface area contributed by atoms with Gasteiger partial charge in [-0.15, -0.1) is 0 Å². The number of imide groups is 1. The maximum Gasteiger partial charge on any atom is 0.283 e. The monoisotopic (exact) mass is 485 g/mol. The third-order valence-corrected chi connectivity index (χ3v) is 6.66. The predicted molar refractivity (Wildman–Crippen MR) is 136 cm³/mol. The van der Waals surface area contributed by atoms with Crippen molar-refractivity contribution in [3.05, 3.63) is 105 Å². The molecule has 7 heteroatoms. The van der Waals surface area contributed by atoms with Gasteiger partial charge >= 0.3 is 0 Å². The first-order valence-corrected chi connectivity index (χ1v) is 11.8. The number of nitrogens with one attached hydrogen (secondary N) is 1. The number of anilines is 2. The third kappa shape index (κ3) is 4.33. The van der Waals surface area contributed by atoms with Gasteiger partial charge in [0, 0.05) is 24.3 Å². The largest absolute Gasteiger partial charge is 0.350 e. The quantitative estimate of drug-likeness (QED) is 0.531. The van der Waals surface area contributed by atoms with Crippen LogP contribution in [0, 0.1) is 13.8 Å². The molecule has 6 nitrogen and oxygen atoms in total. The van der Waals surface area contributed by atoms with Crippen molar-refractivity contribution in [2.24, 2.45) is 0 Å². The molecule has 0 aromatic heterocycles. The van der Waals surface area contributed by atoms with Crippen LogP contribution in [0.3, 0.4) is 0 Å². The van der Waals surface area contributed by atoms with Crippen LogP contribution in [0.15, 0.2) is 77.5 Å². The molecule has 2 aliphatic heterocycles. The number of amides is 3. The lowest BCUT2D eigenvalue weighted by molar-refractivity contribution is -0.120. The number of fused-ring (bicyclic) bond motifs is 1. The van der Waals surface area contributed by atoms with Gasteiger partial charge in [-0.05, 0) is 78.9 Å². The van der Waals surface area contributed by atoms with E-state index in [4.69, 9.17) is 11.6 Å². The Morgan fingerprint density at radius 1 is 0.886 bits per heavy atom. The van der Waals surface area contributed by atoms with Crippen molar-refractivity contribution in [3.8, 4) is 0 Å². The summed E-state index contributed by atoms with van der Waals surface area (Å²) in [4.78, 5) is 41.8. The number of rotatable bonds is 4. The van der Waals surface area contributed by atoms with Crippen LogP contribution in [0.1, 0.15) is 32.6 Å². The van der Waals surface area contributed by atoms with Crippen LogP contribution in [0.25, 0.3) is 0 Å². The number of halogens is 1. The third-order valence-electron chi connectivity index (χ3n) is 6.31. The maximum atomic E-state index is 13.1. The van der Waals surface area contributed by atoms with Gasteiger partial charge in [0.2, 0.25) is 0 Å². The van der Waals surface area contributed by atoms with Gasteiger partial charge in [0.15, 0.2) is 0 Å². The van der Waals surface area contributed by atoms with Gasteiger partial charge in [-0.2, -0.15) is 0 Å². The number of nitrogens with zero attached hydrogens (tertiary/aromatic N) is 2. The minimum atomic E-state index is -0.568. The Morgan fingerprint density at radius 2 is 1.54 bits per heavy atom. The van der Waals surface area contributed by atoms with Gasteiger partial charge in [0.05, 0.1) is 5.69 Å². The Balaban J connectivity index is 1.31. The van der Waals surface area contributed by atoms with E-state index in [0.29, 0.717) is 30.0 Å². The summed E-state index contributed by atoms with van der Waals surface area (Å²) in [5, 5.41) is 2.80. The average Bonchev–Trinajstić information content (AvgIpc) is 3.06. The van der Waals surface area contributed by atoms with Gasteiger partial charge < -0.3 is 10.2 Å². The first-order chi connectivity index (χ1) is 16.8. The van der Waals surface area contributed by atoms with E-state index in [-0.39, 0.29) is 16.6 Å². The molecule has 176 valence electrons. The van der Waals surface area contributed by atoms with E-state index in [1.165, 1.54) is 11.1 Å². The molecular formula is C28H24ClN3O3. The zero-order valence-corrected chi connectivity index (χ0v) is 20.2. The van der Waals surface area contributed by atoms with E-state index in [1.54, 1.807) is 36.4 Å². The predicted octanol–water partition coefficient (Wildman–Crippen LogP) is 4.94. The van der Waals surface area contributed by atoms with Crippen LogP contribution in [-0.2, 0) is 22.6 Å². The minimum Gasteiger partial charge on any atom is -0.350 e. The molecule has 35 heavy (non-hydrogen) atoms. The highest BCUT2D eigenvalue weighted by atomic mass is 35.5. The number of carbonyl (C=O) groups is 3. The standard InChI is InChI=1S/C28H24ClN3O3/c1-17-13-18(2)15-23(14-17)32-27(34)24(29)25(28(32)35)30-22-9-7-20(8-10-22)26(33)31-12-11-19-5-3-4-6-21(19)16-31/h3-10,13-15,30H,11-12,16H2,1-2H3. The summed E-state index contributed by atoms with van der Waals surface area (Å²) >= 11 is 6.27.